The van der Waals surface area contributed by atoms with Gasteiger partial charge in [0.1, 0.15) is 0 Å². The minimum absolute atomic E-state index is 0.501. The average Bonchev–Trinajstić information content (AvgIpc) is 3.19. The van der Waals surface area contributed by atoms with Gasteiger partial charge in [0, 0.05) is 17.6 Å². The Morgan fingerprint density at radius 3 is 2.67 bits per heavy atom. The van der Waals surface area contributed by atoms with E-state index in [-0.39, 0.29) is 0 Å². The van der Waals surface area contributed by atoms with Gasteiger partial charge in [0.2, 0.25) is 0 Å². The Hall–Kier alpha value is -2.27. The fourth-order valence-corrected chi connectivity index (χ4v) is 2.32. The molecule has 1 aliphatic carbocycles. The molecule has 18 heavy (non-hydrogen) atoms. The maximum Gasteiger partial charge on any atom is 0.0992 e. The van der Waals surface area contributed by atoms with E-state index in [1.54, 1.807) is 0 Å². The highest BCUT2D eigenvalue weighted by molar-refractivity contribution is 5.51. The van der Waals surface area contributed by atoms with Crippen molar-refractivity contribution in [3.8, 4) is 6.07 Å². The molecule has 1 aliphatic rings. The molecule has 2 aromatic carbocycles. The first-order chi connectivity index (χ1) is 8.86. The molecular formula is C16H14N2. The van der Waals surface area contributed by atoms with E-state index in [0.717, 1.165) is 5.69 Å². The zero-order valence-corrected chi connectivity index (χ0v) is 10.0. The molecule has 0 bridgehead atoms. The molecule has 0 aromatic heterocycles. The second kappa shape index (κ2) is 4.54. The van der Waals surface area contributed by atoms with Crippen molar-refractivity contribution in [3.05, 3.63) is 65.7 Å². The Morgan fingerprint density at radius 2 is 1.89 bits per heavy atom. The molecule has 2 nitrogen and oxygen atoms in total. The van der Waals surface area contributed by atoms with E-state index in [2.05, 4.69) is 35.7 Å². The third-order valence-corrected chi connectivity index (χ3v) is 3.36. The number of hydrogen-bond acceptors (Lipinski definition) is 2. The van der Waals surface area contributed by atoms with E-state index in [4.69, 9.17) is 5.26 Å². The SMILES string of the molecule is N#Cc1cccc(NC2CC2c2ccccc2)c1. The van der Waals surface area contributed by atoms with Crippen LogP contribution in [0.5, 0.6) is 0 Å². The first-order valence-electron chi connectivity index (χ1n) is 6.18. The third-order valence-electron chi connectivity index (χ3n) is 3.36. The van der Waals surface area contributed by atoms with Gasteiger partial charge >= 0.3 is 0 Å². The van der Waals surface area contributed by atoms with Crippen LogP contribution in [0.25, 0.3) is 0 Å². The van der Waals surface area contributed by atoms with Gasteiger partial charge in [0.15, 0.2) is 0 Å². The Labute approximate surface area is 107 Å². The maximum atomic E-state index is 8.86. The first kappa shape index (κ1) is 10.9. The van der Waals surface area contributed by atoms with Crippen molar-refractivity contribution >= 4 is 5.69 Å². The predicted octanol–water partition coefficient (Wildman–Crippen LogP) is 3.53. The van der Waals surface area contributed by atoms with Gasteiger partial charge in [-0.3, -0.25) is 0 Å². The number of hydrogen-bond donors (Lipinski definition) is 1. The molecular weight excluding hydrogens is 220 g/mol. The molecule has 3 rings (SSSR count). The fraction of sp³-hybridized carbons (Fsp3) is 0.188. The monoisotopic (exact) mass is 234 g/mol. The molecule has 1 saturated carbocycles. The van der Waals surface area contributed by atoms with Crippen LogP contribution in [0.3, 0.4) is 0 Å². The molecule has 2 aromatic rings. The maximum absolute atomic E-state index is 8.86. The molecule has 1 N–H and O–H groups in total. The topological polar surface area (TPSA) is 35.8 Å². The lowest BCUT2D eigenvalue weighted by atomic mass is 10.1. The van der Waals surface area contributed by atoms with E-state index < -0.39 is 0 Å². The molecule has 0 radical (unpaired) electrons. The van der Waals surface area contributed by atoms with Crippen LogP contribution in [-0.2, 0) is 0 Å². The Morgan fingerprint density at radius 1 is 1.06 bits per heavy atom. The number of nitriles is 1. The van der Waals surface area contributed by atoms with Crippen molar-refractivity contribution in [1.82, 2.24) is 0 Å². The van der Waals surface area contributed by atoms with Gasteiger partial charge in [0.05, 0.1) is 11.6 Å². The fourth-order valence-electron chi connectivity index (χ4n) is 2.32. The second-order valence-corrected chi connectivity index (χ2v) is 4.70. The van der Waals surface area contributed by atoms with Crippen LogP contribution in [-0.4, -0.2) is 6.04 Å². The standard InChI is InChI=1S/C16H14N2/c17-11-12-5-4-8-14(9-12)18-16-10-15(16)13-6-2-1-3-7-13/h1-9,15-16,18H,10H2. The summed E-state index contributed by atoms with van der Waals surface area (Å²) in [5, 5.41) is 12.4. The van der Waals surface area contributed by atoms with Crippen molar-refractivity contribution < 1.29 is 0 Å². The Kier molecular flexibility index (Phi) is 2.74. The lowest BCUT2D eigenvalue weighted by Crippen LogP contribution is -2.04. The number of nitrogens with zero attached hydrogens (tertiary/aromatic N) is 1. The van der Waals surface area contributed by atoms with Gasteiger partial charge in [-0.15, -0.1) is 0 Å². The van der Waals surface area contributed by atoms with E-state index in [9.17, 15) is 0 Å². The van der Waals surface area contributed by atoms with Crippen LogP contribution in [0.2, 0.25) is 0 Å². The van der Waals surface area contributed by atoms with E-state index in [1.165, 1.54) is 12.0 Å². The molecule has 2 unspecified atom stereocenters. The Balaban J connectivity index is 1.68. The van der Waals surface area contributed by atoms with Crippen molar-refractivity contribution in [3.63, 3.8) is 0 Å². The van der Waals surface area contributed by atoms with Crippen molar-refractivity contribution in [2.24, 2.45) is 0 Å². The molecule has 2 heteroatoms. The van der Waals surface area contributed by atoms with E-state index in [1.807, 2.05) is 30.3 Å². The van der Waals surface area contributed by atoms with Crippen molar-refractivity contribution in [2.75, 3.05) is 5.32 Å². The lowest BCUT2D eigenvalue weighted by molar-refractivity contribution is 1.05. The molecule has 0 amide bonds. The normalized spacial score (nSPS) is 21.1. The summed E-state index contributed by atoms with van der Waals surface area (Å²) in [6.07, 6.45) is 1.17. The summed E-state index contributed by atoms with van der Waals surface area (Å²) in [5.74, 6) is 0.608. The van der Waals surface area contributed by atoms with E-state index in [0.29, 0.717) is 17.5 Å². The lowest BCUT2D eigenvalue weighted by Gasteiger charge is -2.06. The van der Waals surface area contributed by atoms with Crippen LogP contribution in [0.4, 0.5) is 5.69 Å². The van der Waals surface area contributed by atoms with Crippen LogP contribution in [0.1, 0.15) is 23.5 Å². The molecule has 2 atom stereocenters. The highest BCUT2D eigenvalue weighted by Gasteiger charge is 2.38. The highest BCUT2D eigenvalue weighted by atomic mass is 15.0. The van der Waals surface area contributed by atoms with Crippen LogP contribution < -0.4 is 5.32 Å². The molecule has 0 spiro atoms. The highest BCUT2D eigenvalue weighted by Crippen LogP contribution is 2.42. The minimum Gasteiger partial charge on any atom is -0.382 e. The van der Waals surface area contributed by atoms with E-state index >= 15 is 0 Å². The van der Waals surface area contributed by atoms with Crippen molar-refractivity contribution in [1.29, 1.82) is 5.26 Å². The summed E-state index contributed by atoms with van der Waals surface area (Å²) in [7, 11) is 0. The zero-order valence-electron chi connectivity index (χ0n) is 10.0. The molecule has 88 valence electrons. The molecule has 0 heterocycles. The summed E-state index contributed by atoms with van der Waals surface area (Å²) >= 11 is 0. The number of rotatable bonds is 3. The average molecular weight is 234 g/mol. The smallest absolute Gasteiger partial charge is 0.0992 e. The van der Waals surface area contributed by atoms with Gasteiger partial charge in [-0.05, 0) is 30.2 Å². The van der Waals surface area contributed by atoms with Gasteiger partial charge in [-0.1, -0.05) is 36.4 Å². The van der Waals surface area contributed by atoms with Crippen LogP contribution in [0, 0.1) is 11.3 Å². The number of anilines is 1. The Bertz CT molecular complexity index is 584. The van der Waals surface area contributed by atoms with Gasteiger partial charge in [0.25, 0.3) is 0 Å². The van der Waals surface area contributed by atoms with Crippen LogP contribution >= 0.6 is 0 Å². The van der Waals surface area contributed by atoms with Gasteiger partial charge < -0.3 is 5.32 Å². The largest absolute Gasteiger partial charge is 0.382 e. The van der Waals surface area contributed by atoms with Crippen LogP contribution in [0.15, 0.2) is 54.6 Å². The molecule has 0 aliphatic heterocycles. The number of nitrogens with one attached hydrogen (secondary N) is 1. The molecule has 1 fully saturated rings. The summed E-state index contributed by atoms with van der Waals surface area (Å²) in [6, 6.07) is 20.9. The summed E-state index contributed by atoms with van der Waals surface area (Å²) in [4.78, 5) is 0. The first-order valence-corrected chi connectivity index (χ1v) is 6.18. The quantitative estimate of drug-likeness (QED) is 0.881. The zero-order chi connectivity index (χ0) is 12.4. The van der Waals surface area contributed by atoms with Crippen molar-refractivity contribution in [2.45, 2.75) is 18.4 Å². The summed E-state index contributed by atoms with van der Waals surface area (Å²) < 4.78 is 0. The second-order valence-electron chi connectivity index (χ2n) is 4.70. The van der Waals surface area contributed by atoms with Gasteiger partial charge in [-0.25, -0.2) is 0 Å². The summed E-state index contributed by atoms with van der Waals surface area (Å²) in [5.41, 5.74) is 3.14. The minimum atomic E-state index is 0.501. The third kappa shape index (κ3) is 2.21. The molecule has 0 saturated heterocycles. The number of benzene rings is 2. The van der Waals surface area contributed by atoms with Gasteiger partial charge in [-0.2, -0.15) is 5.26 Å². The summed E-state index contributed by atoms with van der Waals surface area (Å²) in [6.45, 7) is 0. The predicted molar refractivity (Wildman–Crippen MR) is 72.4 cm³/mol.